The molecule has 6 heteroatoms. The van der Waals surface area contributed by atoms with E-state index >= 15 is 0 Å². The molecule has 0 saturated heterocycles. The Balaban J connectivity index is 1.96. The molecule has 4 rings (SSSR count). The molecule has 1 aliphatic carbocycles. The molecule has 0 saturated carbocycles. The number of hydrogen-bond donors (Lipinski definition) is 2. The first-order valence-electron chi connectivity index (χ1n) is 7.56. The van der Waals surface area contributed by atoms with E-state index in [4.69, 9.17) is 4.74 Å². The maximum absolute atomic E-state index is 13.1. The van der Waals surface area contributed by atoms with Gasteiger partial charge in [-0.3, -0.25) is 5.10 Å². The second kappa shape index (κ2) is 4.80. The minimum atomic E-state index is -0.525. The van der Waals surface area contributed by atoms with Gasteiger partial charge in [0, 0.05) is 28.3 Å². The number of aromatic amines is 1. The first kappa shape index (κ1) is 14.7. The number of nitrogens with one attached hydrogen (secondary N) is 1. The summed E-state index contributed by atoms with van der Waals surface area (Å²) in [6.07, 6.45) is 1.48. The normalized spacial score (nSPS) is 14.3. The fraction of sp³-hybridized carbons (Fsp3) is 0.222. The predicted octanol–water partition coefficient (Wildman–Crippen LogP) is 3.63. The lowest BCUT2D eigenvalue weighted by Gasteiger charge is -2.22. The number of phenols is 1. The number of hydrogen-bond acceptors (Lipinski definition) is 4. The highest BCUT2D eigenvalue weighted by molar-refractivity contribution is 5.86. The molecule has 0 spiro atoms. The van der Waals surface area contributed by atoms with E-state index in [1.54, 1.807) is 12.1 Å². The molecule has 122 valence electrons. The molecule has 24 heavy (non-hydrogen) atoms. The van der Waals surface area contributed by atoms with Crippen molar-refractivity contribution in [1.29, 1.82) is 0 Å². The Bertz CT molecular complexity index is 946. The van der Waals surface area contributed by atoms with Crippen LogP contribution in [-0.2, 0) is 5.41 Å². The van der Waals surface area contributed by atoms with Crippen molar-refractivity contribution in [3.63, 3.8) is 0 Å². The Morgan fingerprint density at radius 2 is 2.04 bits per heavy atom. The van der Waals surface area contributed by atoms with Gasteiger partial charge in [-0.25, -0.2) is 4.98 Å². The number of pyridine rings is 1. The van der Waals surface area contributed by atoms with Crippen molar-refractivity contribution in [3.8, 4) is 34.0 Å². The van der Waals surface area contributed by atoms with Crippen molar-refractivity contribution in [2.24, 2.45) is 0 Å². The SMILES string of the molecule is COc1cc2c(cc1O)C(C)(C)c1c(-c3ccc(F)nc3)n[nH]c1-2. The largest absolute Gasteiger partial charge is 0.504 e. The van der Waals surface area contributed by atoms with Gasteiger partial charge in [-0.05, 0) is 29.8 Å². The highest BCUT2D eigenvalue weighted by Gasteiger charge is 2.41. The number of H-pyrrole nitrogens is 1. The average Bonchev–Trinajstić information content (AvgIpc) is 3.08. The molecule has 0 radical (unpaired) electrons. The molecule has 1 aromatic carbocycles. The van der Waals surface area contributed by atoms with Gasteiger partial charge >= 0.3 is 0 Å². The zero-order valence-electron chi connectivity index (χ0n) is 13.5. The first-order chi connectivity index (χ1) is 11.4. The lowest BCUT2D eigenvalue weighted by atomic mass is 9.81. The van der Waals surface area contributed by atoms with E-state index in [2.05, 4.69) is 29.0 Å². The molecule has 0 fully saturated rings. The summed E-state index contributed by atoms with van der Waals surface area (Å²) in [5.41, 5.74) is 4.92. The highest BCUT2D eigenvalue weighted by atomic mass is 19.1. The van der Waals surface area contributed by atoms with Crippen molar-refractivity contribution in [2.75, 3.05) is 7.11 Å². The predicted molar refractivity (Wildman–Crippen MR) is 87.6 cm³/mol. The first-order valence-corrected chi connectivity index (χ1v) is 7.56. The molecule has 2 heterocycles. The molecule has 1 aliphatic rings. The van der Waals surface area contributed by atoms with Crippen molar-refractivity contribution in [3.05, 3.63) is 47.5 Å². The Morgan fingerprint density at radius 3 is 2.71 bits per heavy atom. The molecule has 5 nitrogen and oxygen atoms in total. The van der Waals surface area contributed by atoms with Gasteiger partial charge in [0.25, 0.3) is 0 Å². The van der Waals surface area contributed by atoms with E-state index in [1.807, 2.05) is 6.07 Å². The van der Waals surface area contributed by atoms with Crippen LogP contribution in [0, 0.1) is 5.95 Å². The van der Waals surface area contributed by atoms with E-state index in [0.717, 1.165) is 33.6 Å². The third kappa shape index (κ3) is 1.86. The van der Waals surface area contributed by atoms with Gasteiger partial charge in [0.05, 0.1) is 18.5 Å². The number of phenolic OH excluding ortho intramolecular Hbond substituents is 1. The monoisotopic (exact) mass is 325 g/mol. The second-order valence-electron chi connectivity index (χ2n) is 6.39. The van der Waals surface area contributed by atoms with Crippen LogP contribution in [0.25, 0.3) is 22.5 Å². The van der Waals surface area contributed by atoms with E-state index < -0.39 is 5.95 Å². The molecule has 2 aromatic heterocycles. The molecule has 0 amide bonds. The van der Waals surface area contributed by atoms with Crippen LogP contribution in [0.2, 0.25) is 0 Å². The van der Waals surface area contributed by atoms with Gasteiger partial charge in [-0.1, -0.05) is 13.8 Å². The van der Waals surface area contributed by atoms with Crippen molar-refractivity contribution >= 4 is 0 Å². The lowest BCUT2D eigenvalue weighted by Crippen LogP contribution is -2.16. The van der Waals surface area contributed by atoms with Crippen molar-refractivity contribution in [2.45, 2.75) is 19.3 Å². The van der Waals surface area contributed by atoms with Crippen molar-refractivity contribution < 1.29 is 14.2 Å². The summed E-state index contributed by atoms with van der Waals surface area (Å²) in [5.74, 6) is -0.00688. The van der Waals surface area contributed by atoms with Crippen LogP contribution >= 0.6 is 0 Å². The molecular weight excluding hydrogens is 309 g/mol. The number of methoxy groups -OCH3 is 1. The van der Waals surface area contributed by atoms with Gasteiger partial charge in [-0.2, -0.15) is 9.49 Å². The summed E-state index contributed by atoms with van der Waals surface area (Å²) in [6.45, 7) is 4.14. The van der Waals surface area contributed by atoms with E-state index in [0.29, 0.717) is 5.75 Å². The maximum atomic E-state index is 13.1. The number of rotatable bonds is 2. The van der Waals surface area contributed by atoms with Crippen LogP contribution < -0.4 is 4.74 Å². The van der Waals surface area contributed by atoms with Crippen LogP contribution in [0.5, 0.6) is 11.5 Å². The number of ether oxygens (including phenoxy) is 1. The second-order valence-corrected chi connectivity index (χ2v) is 6.39. The molecular formula is C18H16FN3O2. The quantitative estimate of drug-likeness (QED) is 0.706. The molecule has 0 atom stereocenters. The van der Waals surface area contributed by atoms with Crippen LogP contribution in [0.4, 0.5) is 4.39 Å². The lowest BCUT2D eigenvalue weighted by molar-refractivity contribution is 0.373. The van der Waals surface area contributed by atoms with E-state index in [-0.39, 0.29) is 11.2 Å². The highest BCUT2D eigenvalue weighted by Crippen LogP contribution is 2.53. The number of aromatic hydroxyl groups is 1. The number of nitrogens with zero attached hydrogens (tertiary/aromatic N) is 2. The number of benzene rings is 1. The van der Waals surface area contributed by atoms with Gasteiger partial charge in [0.15, 0.2) is 11.5 Å². The van der Waals surface area contributed by atoms with Crippen LogP contribution in [0.15, 0.2) is 30.5 Å². The Labute approximate surface area is 138 Å². The standard InChI is InChI=1S/C18H16FN3O2/c1-18(2)11-7-12(23)13(24-3)6-10(11)17-15(18)16(21-22-17)9-4-5-14(19)20-8-9/h4-8,23H,1-3H3,(H,21,22). The molecule has 0 aliphatic heterocycles. The molecule has 3 aromatic rings. The van der Waals surface area contributed by atoms with Crippen LogP contribution in [0.1, 0.15) is 25.0 Å². The van der Waals surface area contributed by atoms with E-state index in [9.17, 15) is 9.50 Å². The maximum Gasteiger partial charge on any atom is 0.212 e. The van der Waals surface area contributed by atoms with Crippen LogP contribution in [0.3, 0.4) is 0 Å². The summed E-state index contributed by atoms with van der Waals surface area (Å²) in [5, 5.41) is 17.6. The Hall–Kier alpha value is -2.89. The zero-order valence-corrected chi connectivity index (χ0v) is 13.5. The minimum Gasteiger partial charge on any atom is -0.504 e. The van der Waals surface area contributed by atoms with Gasteiger partial charge < -0.3 is 9.84 Å². The number of halogens is 1. The Morgan fingerprint density at radius 1 is 1.25 bits per heavy atom. The summed E-state index contributed by atoms with van der Waals surface area (Å²) < 4.78 is 18.3. The number of aromatic nitrogens is 3. The Kier molecular flexibility index (Phi) is 2.94. The van der Waals surface area contributed by atoms with Crippen LogP contribution in [-0.4, -0.2) is 27.4 Å². The average molecular weight is 325 g/mol. The summed E-state index contributed by atoms with van der Waals surface area (Å²) >= 11 is 0. The summed E-state index contributed by atoms with van der Waals surface area (Å²) in [7, 11) is 1.52. The molecule has 0 unspecified atom stereocenters. The molecule has 2 N–H and O–H groups in total. The smallest absolute Gasteiger partial charge is 0.212 e. The minimum absolute atomic E-state index is 0.104. The number of fused-ring (bicyclic) bond motifs is 3. The summed E-state index contributed by atoms with van der Waals surface area (Å²) in [4.78, 5) is 3.72. The topological polar surface area (TPSA) is 71.0 Å². The van der Waals surface area contributed by atoms with Crippen molar-refractivity contribution in [1.82, 2.24) is 15.2 Å². The fourth-order valence-corrected chi connectivity index (χ4v) is 3.46. The summed E-state index contributed by atoms with van der Waals surface area (Å²) in [6, 6.07) is 6.52. The fourth-order valence-electron chi connectivity index (χ4n) is 3.46. The van der Waals surface area contributed by atoms with Gasteiger partial charge in [-0.15, -0.1) is 0 Å². The third-order valence-corrected chi connectivity index (χ3v) is 4.65. The van der Waals surface area contributed by atoms with E-state index in [1.165, 1.54) is 19.4 Å². The molecule has 0 bridgehead atoms. The van der Waals surface area contributed by atoms with Gasteiger partial charge in [0.2, 0.25) is 5.95 Å². The third-order valence-electron chi connectivity index (χ3n) is 4.65. The van der Waals surface area contributed by atoms with Gasteiger partial charge in [0.1, 0.15) is 0 Å². The zero-order chi connectivity index (χ0) is 17.1.